The summed E-state index contributed by atoms with van der Waals surface area (Å²) in [4.78, 5) is 145. The van der Waals surface area contributed by atoms with Crippen molar-refractivity contribution in [3.8, 4) is 0 Å². The zero-order valence-electron chi connectivity index (χ0n) is 69.9. The lowest BCUT2D eigenvalue weighted by Gasteiger charge is -2.27. The first-order valence-corrected chi connectivity index (χ1v) is 34.8. The van der Waals surface area contributed by atoms with Crippen LogP contribution in [0, 0.1) is 27.1 Å². The molecule has 4 atom stereocenters. The van der Waals surface area contributed by atoms with Gasteiger partial charge in [-0.2, -0.15) is 0 Å². The number of ether oxygens (including phenoxy) is 17. The van der Waals surface area contributed by atoms with E-state index in [2.05, 4.69) is 47.0 Å². The third kappa shape index (κ3) is 70.1. The van der Waals surface area contributed by atoms with Crippen LogP contribution < -0.4 is 34.0 Å². The largest absolute Gasteiger partial charge is 1.00 e. The number of carbonyl (C=O) groups excluding carboxylic acids is 13. The van der Waals surface area contributed by atoms with Gasteiger partial charge in [0, 0.05) is 95.0 Å². The first kappa shape index (κ1) is 119. The minimum Gasteiger partial charge on any atom is -1.00 e. The molecule has 0 heterocycles. The van der Waals surface area contributed by atoms with Gasteiger partial charge in [0.15, 0.2) is 0 Å². The number of hydrogen-bond acceptors (Lipinski definition) is 32. The Morgan fingerprint density at radius 2 is 0.582 bits per heavy atom. The van der Waals surface area contributed by atoms with E-state index < -0.39 is 120 Å². The zero-order valence-corrected chi connectivity index (χ0v) is 73.0. The van der Waals surface area contributed by atoms with Crippen LogP contribution in [0.3, 0.4) is 0 Å². The highest BCUT2D eigenvalue weighted by atomic mass is 79.9. The summed E-state index contributed by atoms with van der Waals surface area (Å²) in [6, 6.07) is 9.06. The molecule has 1 rings (SSSR count). The minimum atomic E-state index is -1.47. The predicted molar refractivity (Wildman–Crippen MR) is 392 cm³/mol. The van der Waals surface area contributed by atoms with Gasteiger partial charge >= 0.3 is 66.0 Å². The van der Waals surface area contributed by atoms with Crippen molar-refractivity contribution < 1.29 is 196 Å². The number of aliphatic hydroxyl groups is 2. The first-order valence-electron chi connectivity index (χ1n) is 34.8. The molecule has 644 valence electrons. The first-order chi connectivity index (χ1) is 50.0. The van der Waals surface area contributed by atoms with Gasteiger partial charge in [-0.15, -0.1) is 0 Å². The van der Waals surface area contributed by atoms with Gasteiger partial charge in [-0.1, -0.05) is 30.3 Å². The zero-order chi connectivity index (χ0) is 84.8. The van der Waals surface area contributed by atoms with Crippen molar-refractivity contribution >= 4 is 77.6 Å². The molecule has 2 N–H and O–H groups in total. The number of methoxy groups -OCH3 is 4. The second kappa shape index (κ2) is 67.6. The molecule has 0 aliphatic heterocycles. The molecule has 0 radical (unpaired) electrons. The van der Waals surface area contributed by atoms with Crippen LogP contribution >= 0.6 is 0 Å². The maximum absolute atomic E-state index is 12.7. The number of ketones is 2. The van der Waals surface area contributed by atoms with Crippen LogP contribution in [0.15, 0.2) is 30.3 Å². The number of esters is 9. The van der Waals surface area contributed by atoms with E-state index in [1.54, 1.807) is 39.8 Å². The molecule has 0 fully saturated rings. The summed E-state index contributed by atoms with van der Waals surface area (Å²) in [5.41, 5.74) is -4.94. The van der Waals surface area contributed by atoms with Gasteiger partial charge in [0.05, 0.1) is 121 Å². The Kier molecular flexibility index (Phi) is 73.0. The lowest BCUT2D eigenvalue weighted by atomic mass is 9.93. The monoisotopic (exact) mass is 1720 g/mol. The van der Waals surface area contributed by atoms with Crippen LogP contribution in [-0.2, 0) is 140 Å². The second-order valence-electron chi connectivity index (χ2n) is 27.9. The Labute approximate surface area is 672 Å². The number of halogens is 2. The molecule has 0 aromatic heterocycles. The summed E-state index contributed by atoms with van der Waals surface area (Å²) < 4.78 is 85.8. The van der Waals surface area contributed by atoms with Crippen LogP contribution in [-0.4, -0.2) is 300 Å². The van der Waals surface area contributed by atoms with Crippen molar-refractivity contribution in [2.75, 3.05) is 203 Å². The van der Waals surface area contributed by atoms with Gasteiger partial charge in [-0.3, -0.25) is 43.2 Å². The molecule has 1 aromatic carbocycles. The van der Waals surface area contributed by atoms with E-state index in [0.717, 1.165) is 40.5 Å². The topological polar surface area (TPSA) is 419 Å². The molecule has 0 spiro atoms. The van der Waals surface area contributed by atoms with E-state index in [-0.39, 0.29) is 118 Å². The molecule has 0 aliphatic rings. The minimum absolute atomic E-state index is 0. The van der Waals surface area contributed by atoms with Crippen LogP contribution in [0.25, 0.3) is 0 Å². The van der Waals surface area contributed by atoms with Gasteiger partial charge in [-0.25, -0.2) is 9.59 Å². The van der Waals surface area contributed by atoms with Crippen molar-refractivity contribution in [3.05, 3.63) is 35.9 Å². The lowest BCUT2D eigenvalue weighted by Crippen LogP contribution is -3.00. The summed E-state index contributed by atoms with van der Waals surface area (Å²) >= 11 is 0. The van der Waals surface area contributed by atoms with E-state index in [1.165, 1.54) is 105 Å². The Hall–Kier alpha value is -7.03. The Morgan fingerprint density at radius 1 is 0.327 bits per heavy atom. The van der Waals surface area contributed by atoms with Crippen molar-refractivity contribution in [2.24, 2.45) is 27.1 Å². The van der Waals surface area contributed by atoms with E-state index in [9.17, 15) is 67.4 Å². The Morgan fingerprint density at radius 3 is 0.855 bits per heavy atom. The number of hydrogen-bond donors (Lipinski definition) is 2. The van der Waals surface area contributed by atoms with Crippen molar-refractivity contribution in [3.63, 3.8) is 0 Å². The molecule has 0 aliphatic carbocycles. The molecular weight excluding hydrogens is 1590 g/mol. The second-order valence-corrected chi connectivity index (χ2v) is 27.9. The van der Waals surface area contributed by atoms with Gasteiger partial charge in [0.2, 0.25) is 0 Å². The summed E-state index contributed by atoms with van der Waals surface area (Å²) in [6.07, 6.45) is 0.617. The number of aliphatic hydroxyl groups excluding tert-OH is 2. The predicted octanol–water partition coefficient (Wildman–Crippen LogP) is 0.220. The number of quaternary nitrogens is 2. The number of carbonyl (C=O) groups is 13. The smallest absolute Gasteiger partial charge is 0.508 e. The molecule has 0 saturated heterocycles. The summed E-state index contributed by atoms with van der Waals surface area (Å²) in [5, 5.41) is 18.3. The van der Waals surface area contributed by atoms with E-state index >= 15 is 0 Å². The molecular formula is C74H132Br2N2O32. The maximum Gasteiger partial charge on any atom is 0.508 e. The Bertz CT molecular complexity index is 2680. The normalized spacial score (nSPS) is 12.5. The highest BCUT2D eigenvalue weighted by Gasteiger charge is 2.41. The van der Waals surface area contributed by atoms with E-state index in [1.807, 2.05) is 18.2 Å². The number of Topliss-reactive ketones (excluding diaryl/α,β-unsaturated/α-hetero) is 2. The van der Waals surface area contributed by atoms with Crippen LogP contribution in [0.5, 0.6) is 0 Å². The summed E-state index contributed by atoms with van der Waals surface area (Å²) in [7, 11) is 18.5. The van der Waals surface area contributed by atoms with Crippen molar-refractivity contribution in [1.29, 1.82) is 0 Å². The summed E-state index contributed by atoms with van der Waals surface area (Å²) in [5.74, 6) is -4.14. The van der Waals surface area contributed by atoms with E-state index in [4.69, 9.17) is 80.9 Å². The molecule has 0 saturated carbocycles. The fraction of sp³-hybridized carbons (Fsp3) is 0.743. The third-order valence-corrected chi connectivity index (χ3v) is 13.1. The molecule has 1 aromatic rings. The summed E-state index contributed by atoms with van der Waals surface area (Å²) in [6.45, 7) is 24.6. The van der Waals surface area contributed by atoms with E-state index in [0.29, 0.717) is 39.3 Å². The lowest BCUT2D eigenvalue weighted by molar-refractivity contribution is -0.870. The van der Waals surface area contributed by atoms with Crippen LogP contribution in [0.2, 0.25) is 0 Å². The molecule has 110 heavy (non-hydrogen) atoms. The van der Waals surface area contributed by atoms with Gasteiger partial charge in [0.1, 0.15) is 84.9 Å². The SMILES string of the molecule is CC(=O)OCC(C)(CO)C(=O)OCCC[N+](C)(C)C.CC(C)=O.CC(C)=O.CCOC(=O)C(C)(CO)COC(C)=O.CCOC(=O)C(C)(COC)COC(C)=O.COCC(C)(COC(C)=O)C(=O)OCCC[N+](C)(C)C.COCCCOC(=O)OCC(C)(COC(=O)OCCCOC)C(=O)OCc1ccccc1.[Br-].[Br-]. The highest BCUT2D eigenvalue weighted by molar-refractivity contribution is 5.80. The fourth-order valence-electron chi connectivity index (χ4n) is 7.00. The van der Waals surface area contributed by atoms with Crippen LogP contribution in [0.1, 0.15) is 135 Å². The van der Waals surface area contributed by atoms with Gasteiger partial charge in [0.25, 0.3) is 0 Å². The molecule has 4 unspecified atom stereocenters. The maximum atomic E-state index is 12.7. The molecule has 0 bridgehead atoms. The van der Waals surface area contributed by atoms with Crippen LogP contribution in [0.4, 0.5) is 9.59 Å². The Balaban J connectivity index is -0.000000197. The highest BCUT2D eigenvalue weighted by Crippen LogP contribution is 2.25. The number of benzene rings is 1. The molecule has 36 heteroatoms. The van der Waals surface area contributed by atoms with Gasteiger partial charge in [-0.05, 0) is 81.7 Å². The number of nitrogens with zero attached hydrogens (tertiary/aromatic N) is 2. The quantitative estimate of drug-likeness (QED) is 0.0382. The fourth-order valence-corrected chi connectivity index (χ4v) is 7.00. The number of rotatable bonds is 43. The average Bonchev–Trinajstić information content (AvgIpc) is 0.853. The van der Waals surface area contributed by atoms with Crippen molar-refractivity contribution in [2.45, 2.75) is 136 Å². The standard InChI is InChI=1S/C22H32O10.C14H28NO5.C13H26NO5.C10H18O5.C9H16O5.2C3H6O.2BrH/c1-22(16-31-20(24)28-13-7-11-26-2,17-32-21(25)29-14-8-12-27-3)19(23)30-15-18-9-5-4-6-10-18;1-12(16)20-11-14(2,10-18-6)13(17)19-9-7-8-15(3,4)5;1-11(16)19-10-13(2,9-15)12(17)18-8-6-7-14(3,4)5;1-5-14-9(12)10(3,6-13-4)7-15-8(2)11;1-4-13-8(12)9(3,5-10)6-14-7(2)11;2*1-3(2)4;;/h4-6,9-10H,7-8,11-17H2,1-3H3;7-11H2,1-6H3;15H,6-10H2,1-5H3;5-7H2,1-4H3;10H,4-6H2,1-3H3;2*1-2H3;2*1H/q;2*+1;;;;;;/p-2. The van der Waals surface area contributed by atoms with Crippen molar-refractivity contribution in [1.82, 2.24) is 0 Å². The molecule has 0 amide bonds. The third-order valence-electron chi connectivity index (χ3n) is 13.1. The molecule has 34 nitrogen and oxygen atoms in total. The van der Waals surface area contributed by atoms with Gasteiger partial charge < -0.3 is 143 Å². The average molecular weight is 1720 g/mol.